The van der Waals surface area contributed by atoms with Crippen molar-refractivity contribution < 1.29 is 43.2 Å². The second-order valence-corrected chi connectivity index (χ2v) is 19.0. The van der Waals surface area contributed by atoms with Gasteiger partial charge in [0.15, 0.2) is 11.9 Å². The second-order valence-electron chi connectivity index (χ2n) is 19.0. The van der Waals surface area contributed by atoms with Crippen molar-refractivity contribution in [1.82, 2.24) is 62.8 Å². The summed E-state index contributed by atoms with van der Waals surface area (Å²) >= 11 is 0. The number of carbonyl (C=O) groups is 9. The fraction of sp³-hybridized carbons (Fsp3) is 0.462. The molecular weight excluding hydrogens is 1020 g/mol. The third-order valence-corrected chi connectivity index (χ3v) is 12.7. The van der Waals surface area contributed by atoms with Crippen molar-refractivity contribution in [2.24, 2.45) is 32.9 Å². The number of para-hydroxylation sites is 1. The van der Waals surface area contributed by atoms with Crippen molar-refractivity contribution in [1.29, 1.82) is 0 Å². The van der Waals surface area contributed by atoms with Gasteiger partial charge in [0, 0.05) is 87.8 Å². The molecule has 27 nitrogen and oxygen atoms in total. The zero-order valence-corrected chi connectivity index (χ0v) is 44.4. The van der Waals surface area contributed by atoms with Crippen molar-refractivity contribution in [3.8, 4) is 0 Å². The molecule has 1 aliphatic heterocycles. The van der Waals surface area contributed by atoms with Crippen LogP contribution in [0, 0.1) is 0 Å². The largest absolute Gasteiger partial charge is 0.370 e. The molecule has 2 unspecified atom stereocenters. The van der Waals surface area contributed by atoms with Crippen LogP contribution in [0.3, 0.4) is 0 Å². The van der Waals surface area contributed by atoms with E-state index in [2.05, 4.69) is 72.8 Å². The molecule has 7 atom stereocenters. The van der Waals surface area contributed by atoms with Gasteiger partial charge in [-0.2, -0.15) is 0 Å². The number of guanidine groups is 2. The van der Waals surface area contributed by atoms with E-state index in [4.69, 9.17) is 22.9 Å². The van der Waals surface area contributed by atoms with E-state index in [0.29, 0.717) is 16.8 Å². The van der Waals surface area contributed by atoms with Crippen molar-refractivity contribution in [3.63, 3.8) is 0 Å². The monoisotopic (exact) mass is 1090 g/mol. The quantitative estimate of drug-likeness (QED) is 0.0258. The maximum Gasteiger partial charge on any atom is 0.243 e. The fourth-order valence-corrected chi connectivity index (χ4v) is 8.77. The molecule has 1 aliphatic rings. The minimum atomic E-state index is -1.48. The predicted octanol–water partition coefficient (Wildman–Crippen LogP) is -2.73. The molecule has 2 aromatic carbocycles. The lowest BCUT2D eigenvalue weighted by Gasteiger charge is -2.28. The fourth-order valence-electron chi connectivity index (χ4n) is 8.77. The summed E-state index contributed by atoms with van der Waals surface area (Å²) in [7, 11) is 0. The third kappa shape index (κ3) is 20.5. The number of H-pyrrole nitrogens is 2. The van der Waals surface area contributed by atoms with Crippen LogP contribution >= 0.6 is 0 Å². The molecule has 4 aromatic rings. The van der Waals surface area contributed by atoms with Gasteiger partial charge in [-0.1, -0.05) is 48.5 Å². The normalized spacial score (nSPS) is 20.6. The molecule has 79 heavy (non-hydrogen) atoms. The highest BCUT2D eigenvalue weighted by Crippen LogP contribution is 2.20. The molecule has 3 heterocycles. The van der Waals surface area contributed by atoms with Gasteiger partial charge in [0.25, 0.3) is 0 Å². The first-order valence-electron chi connectivity index (χ1n) is 26.2. The Hall–Kier alpha value is -9.04. The van der Waals surface area contributed by atoms with Crippen LogP contribution in [0.25, 0.3) is 10.9 Å². The lowest BCUT2D eigenvalue weighted by atomic mass is 10.0. The summed E-state index contributed by atoms with van der Waals surface area (Å²) in [5.41, 5.74) is 24.6. The third-order valence-electron chi connectivity index (χ3n) is 12.7. The van der Waals surface area contributed by atoms with E-state index in [1.165, 1.54) is 19.4 Å². The van der Waals surface area contributed by atoms with Crippen molar-refractivity contribution in [2.45, 2.75) is 127 Å². The highest BCUT2D eigenvalue weighted by atomic mass is 16.2. The van der Waals surface area contributed by atoms with Gasteiger partial charge in [-0.05, 0) is 69.1 Å². The van der Waals surface area contributed by atoms with Crippen LogP contribution in [0.4, 0.5) is 0 Å². The molecule has 27 heteroatoms. The SMILES string of the molecule is CCNC(=O)C1CCCNC(=O)CC[C@H](NC(=O)[C@H](CCCN=C(N)N)NC(C)=O)C(=O)N[C@@H](Cc2cnc[nH]2)C(=O)NC(Cc2ccccc2)C(=O)N[C@@H](CCCN=C(N)N)C(=O)N[C@@H](Cc2c[nH]c3ccccc23)C(=O)N1. The predicted molar refractivity (Wildman–Crippen MR) is 294 cm³/mol. The van der Waals surface area contributed by atoms with E-state index in [-0.39, 0.29) is 109 Å². The van der Waals surface area contributed by atoms with Gasteiger partial charge < -0.3 is 80.8 Å². The zero-order chi connectivity index (χ0) is 57.3. The first kappa shape index (κ1) is 60.8. The van der Waals surface area contributed by atoms with Gasteiger partial charge >= 0.3 is 0 Å². The van der Waals surface area contributed by atoms with E-state index >= 15 is 0 Å². The van der Waals surface area contributed by atoms with Crippen LogP contribution < -0.4 is 70.8 Å². The molecule has 426 valence electrons. The van der Waals surface area contributed by atoms with Gasteiger partial charge in [-0.25, -0.2) is 4.98 Å². The van der Waals surface area contributed by atoms with Gasteiger partial charge in [0.05, 0.1) is 6.33 Å². The Bertz CT molecular complexity index is 2760. The molecule has 1 fully saturated rings. The number of nitrogens with two attached hydrogens (primary N) is 4. The summed E-state index contributed by atoms with van der Waals surface area (Å²) in [6.45, 7) is 3.34. The lowest BCUT2D eigenvalue weighted by Crippen LogP contribution is -2.61. The van der Waals surface area contributed by atoms with Crippen molar-refractivity contribution in [2.75, 3.05) is 26.2 Å². The number of hydrogen-bond donors (Lipinski definition) is 15. The van der Waals surface area contributed by atoms with Crippen LogP contribution in [0.15, 0.2) is 83.3 Å². The highest BCUT2D eigenvalue weighted by Gasteiger charge is 2.35. The average Bonchev–Trinajstić information content (AvgIpc) is 4.10. The number of aliphatic imine (C=N–C) groups is 2. The second kappa shape index (κ2) is 31.2. The number of hydrogen-bond acceptors (Lipinski definition) is 12. The number of aromatic nitrogens is 3. The molecule has 0 bridgehead atoms. The molecular formula is C52H74N18O9. The Balaban J connectivity index is 1.56. The van der Waals surface area contributed by atoms with Gasteiger partial charge in [0.1, 0.15) is 42.3 Å². The van der Waals surface area contributed by atoms with Gasteiger partial charge in [0.2, 0.25) is 53.2 Å². The number of imidazole rings is 1. The average molecular weight is 1100 g/mol. The molecule has 19 N–H and O–H groups in total. The number of nitrogens with zero attached hydrogens (tertiary/aromatic N) is 3. The van der Waals surface area contributed by atoms with E-state index in [1.54, 1.807) is 43.5 Å². The number of benzene rings is 2. The number of likely N-dealkylation sites (N-methyl/N-ethyl adjacent to an activating group) is 1. The van der Waals surface area contributed by atoms with Crippen LogP contribution in [0.5, 0.6) is 0 Å². The molecule has 2 aromatic heterocycles. The molecule has 0 radical (unpaired) electrons. The zero-order valence-electron chi connectivity index (χ0n) is 44.4. The number of aromatic amines is 2. The Morgan fingerprint density at radius 1 is 0.722 bits per heavy atom. The lowest BCUT2D eigenvalue weighted by molar-refractivity contribution is -0.136. The molecule has 0 spiro atoms. The summed E-state index contributed by atoms with van der Waals surface area (Å²) in [6.07, 6.45) is 4.11. The summed E-state index contributed by atoms with van der Waals surface area (Å²) < 4.78 is 0. The number of carbonyl (C=O) groups excluding carboxylic acids is 9. The first-order valence-corrected chi connectivity index (χ1v) is 26.2. The van der Waals surface area contributed by atoms with Gasteiger partial charge in [-0.3, -0.25) is 53.1 Å². The smallest absolute Gasteiger partial charge is 0.243 e. The van der Waals surface area contributed by atoms with E-state index in [9.17, 15) is 43.2 Å². The standard InChI is InChI=1S/C52H74N18O9/c1-3-58-44(73)36-16-9-21-59-43(72)20-19-39(67-45(74)37(64-30(2)71)17-10-22-60-51(53)54)47(76)70-42(26-33-28-57-29-63-33)50(79)68-40(24-31-12-5-4-6-13-31)48(77)66-38(18-11-23-61-52(55)56)46(75)69-41(49(78)65-36)25-32-27-62-35-15-8-7-14-34(32)35/h4-8,12-15,27-29,36-42,62H,3,9-11,16-26H2,1-2H3,(H,57,63)(H,58,73)(H,59,72)(H,64,71)(H,65,78)(H,66,77)(H,67,74)(H,68,79)(H,69,75)(H,70,76)(H4,53,54,60)(H4,55,56,61)/t36?,37-,38-,39-,40?,41-,42-/m0/s1. The van der Waals surface area contributed by atoms with E-state index in [1.807, 2.05) is 24.3 Å². The number of nitrogens with one attached hydrogen (secondary N) is 11. The number of amides is 9. The maximum atomic E-state index is 14.8. The number of fused-ring (bicyclic) bond motifs is 1. The highest BCUT2D eigenvalue weighted by molar-refractivity contribution is 5.98. The number of rotatable bonds is 19. The Labute approximate surface area is 456 Å². The minimum Gasteiger partial charge on any atom is -0.370 e. The minimum absolute atomic E-state index is 0.0154. The first-order chi connectivity index (χ1) is 37.9. The Morgan fingerprint density at radius 3 is 2.01 bits per heavy atom. The Kier molecular flexibility index (Phi) is 24.1. The molecule has 5 rings (SSSR count). The molecule has 9 amide bonds. The van der Waals surface area contributed by atoms with Crippen LogP contribution in [0.1, 0.15) is 82.0 Å². The maximum absolute atomic E-state index is 14.8. The summed E-state index contributed by atoms with van der Waals surface area (Å²) in [4.78, 5) is 145. The van der Waals surface area contributed by atoms with Crippen LogP contribution in [-0.2, 0) is 62.4 Å². The molecule has 0 aliphatic carbocycles. The van der Waals surface area contributed by atoms with Gasteiger partial charge in [-0.15, -0.1) is 0 Å². The summed E-state index contributed by atoms with van der Waals surface area (Å²) in [5, 5.41) is 25.4. The van der Waals surface area contributed by atoms with Crippen LogP contribution in [-0.4, -0.2) is 149 Å². The topological polar surface area (TPSA) is 435 Å². The van der Waals surface area contributed by atoms with Crippen molar-refractivity contribution in [3.05, 3.63) is 90.1 Å². The Morgan fingerprint density at radius 2 is 1.34 bits per heavy atom. The van der Waals surface area contributed by atoms with E-state index < -0.39 is 95.5 Å². The van der Waals surface area contributed by atoms with E-state index in [0.717, 1.165) is 10.9 Å². The molecule has 0 saturated carbocycles. The van der Waals surface area contributed by atoms with Crippen molar-refractivity contribution >= 4 is 76.0 Å². The summed E-state index contributed by atoms with van der Waals surface area (Å²) in [5.74, 6) is -6.87. The van der Waals surface area contributed by atoms with Crippen LogP contribution in [0.2, 0.25) is 0 Å². The molecule has 1 saturated heterocycles. The summed E-state index contributed by atoms with van der Waals surface area (Å²) in [6, 6.07) is 6.71.